The molecular formula is C14H14N2O. The van der Waals surface area contributed by atoms with E-state index in [1.54, 1.807) is 6.07 Å². The Labute approximate surface area is 100 Å². The molecule has 3 nitrogen and oxygen atoms in total. The minimum Gasteiger partial charge on any atom is -0.508 e. The van der Waals surface area contributed by atoms with Crippen LogP contribution in [0.3, 0.4) is 0 Å². The maximum Gasteiger partial charge on any atom is 0.120 e. The van der Waals surface area contributed by atoms with E-state index in [0.29, 0.717) is 5.75 Å². The van der Waals surface area contributed by atoms with Crippen LogP contribution in [0.2, 0.25) is 0 Å². The van der Waals surface area contributed by atoms with Crippen molar-refractivity contribution >= 4 is 5.69 Å². The van der Waals surface area contributed by atoms with Gasteiger partial charge in [-0.05, 0) is 24.1 Å². The van der Waals surface area contributed by atoms with Gasteiger partial charge in [-0.3, -0.25) is 0 Å². The van der Waals surface area contributed by atoms with Gasteiger partial charge < -0.3 is 10.5 Å². The second-order valence-electron chi connectivity index (χ2n) is 4.24. The molecule has 0 bridgehead atoms. The number of phenolic OH excluding ortho intramolecular Hbond substituents is 1. The van der Waals surface area contributed by atoms with Gasteiger partial charge in [0.05, 0.1) is 11.7 Å². The largest absolute Gasteiger partial charge is 0.508 e. The first-order valence-electron chi connectivity index (χ1n) is 5.72. The van der Waals surface area contributed by atoms with Gasteiger partial charge in [-0.1, -0.05) is 36.4 Å². The molecular weight excluding hydrogens is 212 g/mol. The van der Waals surface area contributed by atoms with Crippen LogP contribution in [0.4, 0.5) is 5.69 Å². The molecule has 1 heterocycles. The van der Waals surface area contributed by atoms with Crippen LogP contribution >= 0.6 is 0 Å². The van der Waals surface area contributed by atoms with Crippen molar-refractivity contribution in [3.63, 3.8) is 0 Å². The van der Waals surface area contributed by atoms with Crippen molar-refractivity contribution in [2.24, 2.45) is 0 Å². The third kappa shape index (κ3) is 1.85. The summed E-state index contributed by atoms with van der Waals surface area (Å²) in [5.41, 5.74) is 9.54. The van der Waals surface area contributed by atoms with Crippen LogP contribution < -0.4 is 10.9 Å². The Morgan fingerprint density at radius 3 is 2.65 bits per heavy atom. The lowest BCUT2D eigenvalue weighted by Crippen LogP contribution is -2.33. The molecule has 17 heavy (non-hydrogen) atoms. The van der Waals surface area contributed by atoms with E-state index in [4.69, 9.17) is 0 Å². The zero-order valence-electron chi connectivity index (χ0n) is 9.35. The van der Waals surface area contributed by atoms with E-state index < -0.39 is 0 Å². The Bertz CT molecular complexity index is 525. The van der Waals surface area contributed by atoms with Crippen LogP contribution in [0.5, 0.6) is 5.75 Å². The van der Waals surface area contributed by atoms with Crippen molar-refractivity contribution in [2.75, 3.05) is 5.43 Å². The number of fused-ring (bicyclic) bond motifs is 1. The number of hydrogen-bond acceptors (Lipinski definition) is 3. The van der Waals surface area contributed by atoms with Crippen LogP contribution in [0, 0.1) is 0 Å². The molecule has 0 radical (unpaired) electrons. The number of benzene rings is 2. The number of nitrogens with one attached hydrogen (secondary N) is 2. The van der Waals surface area contributed by atoms with Crippen molar-refractivity contribution in [1.29, 1.82) is 0 Å². The summed E-state index contributed by atoms with van der Waals surface area (Å²) in [5.74, 6) is 0.359. The molecule has 1 aliphatic heterocycles. The van der Waals surface area contributed by atoms with Crippen LogP contribution in [0.15, 0.2) is 48.5 Å². The lowest BCUT2D eigenvalue weighted by Gasteiger charge is -2.28. The van der Waals surface area contributed by atoms with Gasteiger partial charge in [-0.15, -0.1) is 0 Å². The molecule has 0 saturated heterocycles. The van der Waals surface area contributed by atoms with Gasteiger partial charge in [0, 0.05) is 5.56 Å². The van der Waals surface area contributed by atoms with Crippen LogP contribution in [0.25, 0.3) is 0 Å². The van der Waals surface area contributed by atoms with Crippen molar-refractivity contribution in [2.45, 2.75) is 12.5 Å². The Hall–Kier alpha value is -2.00. The second-order valence-corrected chi connectivity index (χ2v) is 4.24. The molecule has 86 valence electrons. The molecule has 0 saturated carbocycles. The van der Waals surface area contributed by atoms with Crippen molar-refractivity contribution < 1.29 is 5.11 Å². The first-order valence-corrected chi connectivity index (χ1v) is 5.72. The summed E-state index contributed by atoms with van der Waals surface area (Å²) in [6.07, 6.45) is 0.791. The fraction of sp³-hybridized carbons (Fsp3) is 0.143. The SMILES string of the molecule is Oc1cccc2c1CC(c1ccccc1)NN2. The smallest absolute Gasteiger partial charge is 0.120 e. The quantitative estimate of drug-likeness (QED) is 0.700. The molecule has 1 unspecified atom stereocenters. The summed E-state index contributed by atoms with van der Waals surface area (Å²) < 4.78 is 0. The summed E-state index contributed by atoms with van der Waals surface area (Å²) in [7, 11) is 0. The number of anilines is 1. The molecule has 2 aromatic rings. The Morgan fingerprint density at radius 1 is 1.00 bits per heavy atom. The summed E-state index contributed by atoms with van der Waals surface area (Å²) in [6.45, 7) is 0. The van der Waals surface area contributed by atoms with Crippen molar-refractivity contribution in [3.05, 3.63) is 59.7 Å². The topological polar surface area (TPSA) is 44.3 Å². The predicted octanol–water partition coefficient (Wildman–Crippen LogP) is 2.61. The summed E-state index contributed by atoms with van der Waals surface area (Å²) in [4.78, 5) is 0. The molecule has 0 fully saturated rings. The number of hydrogen-bond donors (Lipinski definition) is 3. The average Bonchev–Trinajstić information content (AvgIpc) is 2.40. The Morgan fingerprint density at radius 2 is 1.82 bits per heavy atom. The predicted molar refractivity (Wildman–Crippen MR) is 67.8 cm³/mol. The second kappa shape index (κ2) is 4.11. The molecule has 3 rings (SSSR count). The summed E-state index contributed by atoms with van der Waals surface area (Å²) in [6, 6.07) is 16.0. The zero-order valence-corrected chi connectivity index (χ0v) is 9.35. The third-order valence-electron chi connectivity index (χ3n) is 3.14. The van der Waals surface area contributed by atoms with Gasteiger partial charge in [0.25, 0.3) is 0 Å². The standard InChI is InChI=1S/C14H14N2O/c17-14-8-4-7-12-11(14)9-13(16-15-12)10-5-2-1-3-6-10/h1-8,13,15-17H,9H2. The third-order valence-corrected chi connectivity index (χ3v) is 3.14. The van der Waals surface area contributed by atoms with Crippen LogP contribution in [-0.4, -0.2) is 5.11 Å². The molecule has 3 N–H and O–H groups in total. The van der Waals surface area contributed by atoms with Gasteiger partial charge in [-0.25, -0.2) is 5.43 Å². The number of rotatable bonds is 1. The van der Waals surface area contributed by atoms with Crippen LogP contribution in [0.1, 0.15) is 17.2 Å². The lowest BCUT2D eigenvalue weighted by atomic mass is 9.96. The minimum atomic E-state index is 0.192. The van der Waals surface area contributed by atoms with Gasteiger partial charge >= 0.3 is 0 Å². The fourth-order valence-electron chi connectivity index (χ4n) is 2.21. The van der Waals surface area contributed by atoms with E-state index in [9.17, 15) is 5.11 Å². The summed E-state index contributed by atoms with van der Waals surface area (Å²) in [5, 5.41) is 9.85. The van der Waals surface area contributed by atoms with Gasteiger partial charge in [0.2, 0.25) is 0 Å². The first kappa shape index (κ1) is 10.2. The number of hydrazine groups is 1. The first-order chi connectivity index (χ1) is 8.34. The van der Waals surface area contributed by atoms with Crippen LogP contribution in [-0.2, 0) is 6.42 Å². The molecule has 0 aliphatic carbocycles. The van der Waals surface area contributed by atoms with Crippen molar-refractivity contribution in [1.82, 2.24) is 5.43 Å². The number of aromatic hydroxyl groups is 1. The summed E-state index contributed by atoms with van der Waals surface area (Å²) >= 11 is 0. The lowest BCUT2D eigenvalue weighted by molar-refractivity contribution is 0.456. The van der Waals surface area contributed by atoms with E-state index in [-0.39, 0.29) is 6.04 Å². The van der Waals surface area contributed by atoms with E-state index in [1.807, 2.05) is 30.3 Å². The van der Waals surface area contributed by atoms with Gasteiger partial charge in [0.1, 0.15) is 5.75 Å². The highest BCUT2D eigenvalue weighted by Gasteiger charge is 2.21. The number of phenols is 1. The molecule has 0 aromatic heterocycles. The Balaban J connectivity index is 1.93. The molecule has 0 spiro atoms. The molecule has 2 aromatic carbocycles. The maximum atomic E-state index is 9.85. The molecule has 1 aliphatic rings. The minimum absolute atomic E-state index is 0.192. The monoisotopic (exact) mass is 226 g/mol. The zero-order chi connectivity index (χ0) is 11.7. The van der Waals surface area contributed by atoms with Crippen molar-refractivity contribution in [3.8, 4) is 5.75 Å². The normalized spacial score (nSPS) is 18.2. The molecule has 0 amide bonds. The van der Waals surface area contributed by atoms with E-state index in [1.165, 1.54) is 5.56 Å². The molecule has 3 heteroatoms. The molecule has 1 atom stereocenters. The maximum absolute atomic E-state index is 9.85. The van der Waals surface area contributed by atoms with E-state index in [2.05, 4.69) is 23.0 Å². The van der Waals surface area contributed by atoms with E-state index in [0.717, 1.165) is 17.7 Å². The average molecular weight is 226 g/mol. The van der Waals surface area contributed by atoms with Gasteiger partial charge in [0.15, 0.2) is 0 Å². The van der Waals surface area contributed by atoms with Gasteiger partial charge in [-0.2, -0.15) is 0 Å². The highest BCUT2D eigenvalue weighted by atomic mass is 16.3. The fourth-order valence-corrected chi connectivity index (χ4v) is 2.21. The highest BCUT2D eigenvalue weighted by Crippen LogP contribution is 2.33. The Kier molecular flexibility index (Phi) is 2.46. The highest BCUT2D eigenvalue weighted by molar-refractivity contribution is 5.58. The van der Waals surface area contributed by atoms with E-state index >= 15 is 0 Å².